The normalized spacial score (nSPS) is 18.1. The molecule has 1 heterocycles. The highest BCUT2D eigenvalue weighted by molar-refractivity contribution is 7.91. The number of sulfonamides is 1. The van der Waals surface area contributed by atoms with E-state index in [0.717, 1.165) is 48.3 Å². The Morgan fingerprint density at radius 1 is 1.40 bits per heavy atom. The smallest absolute Gasteiger partial charge is 0.247 e. The van der Waals surface area contributed by atoms with Gasteiger partial charge in [-0.1, -0.05) is 19.8 Å². The van der Waals surface area contributed by atoms with E-state index in [1.54, 1.807) is 6.07 Å². The van der Waals surface area contributed by atoms with E-state index in [4.69, 9.17) is 5.14 Å². The van der Waals surface area contributed by atoms with Crippen LogP contribution in [0.4, 0.5) is 0 Å². The third-order valence-corrected chi connectivity index (χ3v) is 6.58. The summed E-state index contributed by atoms with van der Waals surface area (Å²) >= 11 is 1.10. The van der Waals surface area contributed by atoms with Crippen LogP contribution in [0.1, 0.15) is 43.9 Å². The van der Waals surface area contributed by atoms with Crippen molar-refractivity contribution in [2.75, 3.05) is 0 Å². The second-order valence-corrected chi connectivity index (χ2v) is 8.25. The molecule has 1 aliphatic rings. The van der Waals surface area contributed by atoms with E-state index in [1.165, 1.54) is 6.07 Å². The maximum atomic E-state index is 12.3. The first kappa shape index (κ1) is 15.5. The molecule has 1 aromatic heterocycles. The number of carbonyl (C=O) groups excluding carboxylic acids is 1. The molecule has 7 heteroatoms. The molecule has 1 amide bonds. The van der Waals surface area contributed by atoms with Crippen molar-refractivity contribution in [3.63, 3.8) is 0 Å². The number of hydrogen-bond acceptors (Lipinski definition) is 4. The Balaban J connectivity index is 1.98. The fourth-order valence-electron chi connectivity index (χ4n) is 2.75. The number of carbonyl (C=O) groups is 1. The monoisotopic (exact) mass is 316 g/mol. The minimum Gasteiger partial charge on any atom is -0.351 e. The zero-order valence-corrected chi connectivity index (χ0v) is 13.1. The van der Waals surface area contributed by atoms with Crippen LogP contribution in [0, 0.1) is 5.41 Å². The average Bonchev–Trinajstić information content (AvgIpc) is 3.05. The van der Waals surface area contributed by atoms with Crippen LogP contribution in [0.2, 0.25) is 0 Å². The van der Waals surface area contributed by atoms with Gasteiger partial charge in [0.05, 0.1) is 6.54 Å². The number of amides is 1. The first-order chi connectivity index (χ1) is 9.37. The molecule has 1 saturated carbocycles. The first-order valence-electron chi connectivity index (χ1n) is 6.77. The summed E-state index contributed by atoms with van der Waals surface area (Å²) < 4.78 is 22.5. The molecule has 0 radical (unpaired) electrons. The number of hydrogen-bond donors (Lipinski definition) is 2. The summed E-state index contributed by atoms with van der Waals surface area (Å²) in [6, 6.07) is 3.17. The molecular formula is C13H20N2O3S2. The van der Waals surface area contributed by atoms with Crippen molar-refractivity contribution < 1.29 is 13.2 Å². The van der Waals surface area contributed by atoms with E-state index in [-0.39, 0.29) is 15.5 Å². The minimum absolute atomic E-state index is 0.0862. The second-order valence-electron chi connectivity index (χ2n) is 5.29. The van der Waals surface area contributed by atoms with E-state index in [9.17, 15) is 13.2 Å². The average molecular weight is 316 g/mol. The van der Waals surface area contributed by atoms with Gasteiger partial charge in [0, 0.05) is 10.3 Å². The molecule has 20 heavy (non-hydrogen) atoms. The Bertz CT molecular complexity index is 587. The molecule has 0 saturated heterocycles. The lowest BCUT2D eigenvalue weighted by Gasteiger charge is -2.25. The molecule has 5 nitrogen and oxygen atoms in total. The van der Waals surface area contributed by atoms with Gasteiger partial charge in [-0.15, -0.1) is 11.3 Å². The van der Waals surface area contributed by atoms with Crippen LogP contribution in [0.25, 0.3) is 0 Å². The second kappa shape index (κ2) is 5.83. The number of nitrogens with one attached hydrogen (secondary N) is 1. The van der Waals surface area contributed by atoms with E-state index >= 15 is 0 Å². The molecule has 2 rings (SSSR count). The number of thiophene rings is 1. The molecule has 0 spiro atoms. The Kier molecular flexibility index (Phi) is 4.51. The predicted octanol–water partition coefficient (Wildman–Crippen LogP) is 1.98. The van der Waals surface area contributed by atoms with Gasteiger partial charge < -0.3 is 5.32 Å². The molecule has 1 fully saturated rings. The molecular weight excluding hydrogens is 296 g/mol. The molecule has 1 aliphatic carbocycles. The molecule has 0 aromatic carbocycles. The minimum atomic E-state index is -3.65. The van der Waals surface area contributed by atoms with Crippen LogP contribution in [0.5, 0.6) is 0 Å². The molecule has 0 unspecified atom stereocenters. The number of nitrogens with two attached hydrogens (primary N) is 1. The molecule has 0 aliphatic heterocycles. The van der Waals surface area contributed by atoms with Gasteiger partial charge in [-0.05, 0) is 31.4 Å². The van der Waals surface area contributed by atoms with Crippen molar-refractivity contribution in [1.82, 2.24) is 5.32 Å². The van der Waals surface area contributed by atoms with Crippen LogP contribution in [0.15, 0.2) is 16.3 Å². The number of primary sulfonamides is 1. The van der Waals surface area contributed by atoms with Crippen LogP contribution < -0.4 is 10.5 Å². The van der Waals surface area contributed by atoms with Crippen LogP contribution >= 0.6 is 11.3 Å². The maximum Gasteiger partial charge on any atom is 0.247 e. The maximum absolute atomic E-state index is 12.3. The summed E-state index contributed by atoms with van der Waals surface area (Å²) in [5.41, 5.74) is -0.222. The SMILES string of the molecule is CCC1(C(=O)NCc2ccc(S(N)(=O)=O)s2)CCCC1. The summed E-state index contributed by atoms with van der Waals surface area (Å²) in [4.78, 5) is 13.1. The lowest BCUT2D eigenvalue weighted by atomic mass is 9.82. The van der Waals surface area contributed by atoms with Gasteiger partial charge in [-0.25, -0.2) is 13.6 Å². The Morgan fingerprint density at radius 3 is 2.55 bits per heavy atom. The summed E-state index contributed by atoms with van der Waals surface area (Å²) in [6.45, 7) is 2.41. The van der Waals surface area contributed by atoms with Crippen molar-refractivity contribution in [3.8, 4) is 0 Å². The Labute approximate surface area is 123 Å². The van der Waals surface area contributed by atoms with Crippen molar-refractivity contribution in [1.29, 1.82) is 0 Å². The predicted molar refractivity (Wildman–Crippen MR) is 78.7 cm³/mol. The van der Waals surface area contributed by atoms with Gasteiger partial charge in [0.1, 0.15) is 4.21 Å². The van der Waals surface area contributed by atoms with Gasteiger partial charge in [-0.2, -0.15) is 0 Å². The zero-order valence-electron chi connectivity index (χ0n) is 11.5. The van der Waals surface area contributed by atoms with Crippen molar-refractivity contribution >= 4 is 27.3 Å². The van der Waals surface area contributed by atoms with Crippen LogP contribution in [-0.2, 0) is 21.4 Å². The molecule has 3 N–H and O–H groups in total. The van der Waals surface area contributed by atoms with E-state index < -0.39 is 10.0 Å². The highest BCUT2D eigenvalue weighted by Gasteiger charge is 2.38. The molecule has 0 atom stereocenters. The summed E-state index contributed by atoms with van der Waals surface area (Å²) in [7, 11) is -3.65. The summed E-state index contributed by atoms with van der Waals surface area (Å²) in [5.74, 6) is 0.0862. The van der Waals surface area contributed by atoms with Gasteiger partial charge in [0.2, 0.25) is 15.9 Å². The van der Waals surface area contributed by atoms with Gasteiger partial charge in [0.15, 0.2) is 0 Å². The van der Waals surface area contributed by atoms with Crippen molar-refractivity contribution in [2.24, 2.45) is 10.6 Å². The zero-order chi connectivity index (χ0) is 14.8. The first-order valence-corrected chi connectivity index (χ1v) is 9.13. The fraction of sp³-hybridized carbons (Fsp3) is 0.615. The van der Waals surface area contributed by atoms with Crippen LogP contribution in [0.3, 0.4) is 0 Å². The van der Waals surface area contributed by atoms with Gasteiger partial charge in [0.25, 0.3) is 0 Å². The van der Waals surface area contributed by atoms with Crippen molar-refractivity contribution in [3.05, 3.63) is 17.0 Å². The molecule has 112 valence electrons. The lowest BCUT2D eigenvalue weighted by Crippen LogP contribution is -2.38. The fourth-order valence-corrected chi connectivity index (χ4v) is 4.47. The highest BCUT2D eigenvalue weighted by atomic mass is 32.2. The molecule has 0 bridgehead atoms. The standard InChI is InChI=1S/C13H20N2O3S2/c1-2-13(7-3-4-8-13)12(16)15-9-10-5-6-11(19-10)20(14,17)18/h5-6H,2-4,7-9H2,1H3,(H,15,16)(H2,14,17,18). The largest absolute Gasteiger partial charge is 0.351 e. The van der Waals surface area contributed by atoms with E-state index in [0.29, 0.717) is 6.54 Å². The van der Waals surface area contributed by atoms with Crippen molar-refractivity contribution in [2.45, 2.75) is 49.8 Å². The topological polar surface area (TPSA) is 89.3 Å². The van der Waals surface area contributed by atoms with Gasteiger partial charge in [-0.3, -0.25) is 4.79 Å². The number of rotatable bonds is 5. The third kappa shape index (κ3) is 3.21. The summed E-state index contributed by atoms with van der Waals surface area (Å²) in [6.07, 6.45) is 4.96. The lowest BCUT2D eigenvalue weighted by molar-refractivity contribution is -0.131. The highest BCUT2D eigenvalue weighted by Crippen LogP contribution is 2.41. The third-order valence-electron chi connectivity index (χ3n) is 4.06. The Hall–Kier alpha value is -0.920. The summed E-state index contributed by atoms with van der Waals surface area (Å²) in [5, 5.41) is 8.00. The van der Waals surface area contributed by atoms with Gasteiger partial charge >= 0.3 is 0 Å². The quantitative estimate of drug-likeness (QED) is 0.870. The van der Waals surface area contributed by atoms with E-state index in [2.05, 4.69) is 12.2 Å². The van der Waals surface area contributed by atoms with Crippen LogP contribution in [-0.4, -0.2) is 14.3 Å². The Morgan fingerprint density at radius 2 is 2.05 bits per heavy atom. The van der Waals surface area contributed by atoms with E-state index in [1.807, 2.05) is 0 Å². The molecule has 1 aromatic rings.